The van der Waals surface area contributed by atoms with Crippen molar-refractivity contribution in [2.24, 2.45) is 17.6 Å². The van der Waals surface area contributed by atoms with Crippen LogP contribution in [-0.2, 0) is 9.53 Å². The van der Waals surface area contributed by atoms with Gasteiger partial charge in [-0.3, -0.25) is 4.79 Å². The molecule has 0 aromatic carbocycles. The molecular weight excluding hydrogens is 204 g/mol. The minimum Gasteiger partial charge on any atom is -0.379 e. The van der Waals surface area contributed by atoms with Gasteiger partial charge in [0.1, 0.15) is 0 Å². The normalized spacial score (nSPS) is 17.2. The van der Waals surface area contributed by atoms with Gasteiger partial charge in [-0.1, -0.05) is 6.92 Å². The van der Waals surface area contributed by atoms with Crippen LogP contribution < -0.4 is 5.73 Å². The molecule has 1 fully saturated rings. The average molecular weight is 228 g/mol. The third kappa shape index (κ3) is 4.49. The second-order valence-electron chi connectivity index (χ2n) is 4.62. The first-order valence-corrected chi connectivity index (χ1v) is 6.21. The van der Waals surface area contributed by atoms with E-state index < -0.39 is 0 Å². The van der Waals surface area contributed by atoms with E-state index in [1.165, 1.54) is 12.8 Å². The van der Waals surface area contributed by atoms with Crippen molar-refractivity contribution in [3.8, 4) is 0 Å². The molecule has 4 heteroatoms. The van der Waals surface area contributed by atoms with Crippen molar-refractivity contribution >= 4 is 5.91 Å². The lowest BCUT2D eigenvalue weighted by atomic mass is 10.1. The minimum absolute atomic E-state index is 0.0339. The van der Waals surface area contributed by atoms with Gasteiger partial charge < -0.3 is 15.4 Å². The molecule has 1 saturated carbocycles. The number of amides is 1. The molecule has 0 aromatic rings. The fourth-order valence-corrected chi connectivity index (χ4v) is 1.60. The Morgan fingerprint density at radius 2 is 2.25 bits per heavy atom. The maximum absolute atomic E-state index is 11.8. The van der Waals surface area contributed by atoms with Crippen molar-refractivity contribution < 1.29 is 9.53 Å². The van der Waals surface area contributed by atoms with Crippen LogP contribution in [0.1, 0.15) is 26.2 Å². The second kappa shape index (κ2) is 6.86. The summed E-state index contributed by atoms with van der Waals surface area (Å²) in [7, 11) is 1.82. The van der Waals surface area contributed by atoms with Gasteiger partial charge in [-0.05, 0) is 25.2 Å². The Morgan fingerprint density at radius 3 is 2.75 bits per heavy atom. The van der Waals surface area contributed by atoms with Gasteiger partial charge in [0.15, 0.2) is 0 Å². The Labute approximate surface area is 98.1 Å². The number of likely N-dealkylation sites (N-methyl/N-ethyl adjacent to an activating group) is 1. The fourth-order valence-electron chi connectivity index (χ4n) is 1.60. The molecule has 0 heterocycles. The van der Waals surface area contributed by atoms with Crippen LogP contribution in [0.2, 0.25) is 0 Å². The average Bonchev–Trinajstić information content (AvgIpc) is 3.09. The highest BCUT2D eigenvalue weighted by Crippen LogP contribution is 2.28. The molecule has 0 aromatic heterocycles. The van der Waals surface area contributed by atoms with Crippen molar-refractivity contribution in [3.05, 3.63) is 0 Å². The van der Waals surface area contributed by atoms with Gasteiger partial charge in [-0.15, -0.1) is 0 Å². The van der Waals surface area contributed by atoms with E-state index in [-0.39, 0.29) is 11.8 Å². The highest BCUT2D eigenvalue weighted by atomic mass is 16.5. The summed E-state index contributed by atoms with van der Waals surface area (Å²) in [6.07, 6.45) is 3.42. The molecule has 0 saturated heterocycles. The summed E-state index contributed by atoms with van der Waals surface area (Å²) >= 11 is 0. The van der Waals surface area contributed by atoms with Gasteiger partial charge in [0.05, 0.1) is 12.5 Å². The quantitative estimate of drug-likeness (QED) is 0.627. The van der Waals surface area contributed by atoms with Crippen LogP contribution >= 0.6 is 0 Å². The second-order valence-corrected chi connectivity index (χ2v) is 4.62. The van der Waals surface area contributed by atoms with Gasteiger partial charge in [0, 0.05) is 26.7 Å². The highest BCUT2D eigenvalue weighted by molar-refractivity contribution is 5.78. The zero-order chi connectivity index (χ0) is 12.0. The van der Waals surface area contributed by atoms with Crippen molar-refractivity contribution in [1.82, 2.24) is 4.90 Å². The lowest BCUT2D eigenvalue weighted by molar-refractivity contribution is -0.134. The van der Waals surface area contributed by atoms with Crippen LogP contribution in [0.15, 0.2) is 0 Å². The summed E-state index contributed by atoms with van der Waals surface area (Å²) in [6, 6.07) is 0. The number of hydrogen-bond acceptors (Lipinski definition) is 3. The van der Waals surface area contributed by atoms with Crippen molar-refractivity contribution in [2.75, 3.05) is 33.4 Å². The van der Waals surface area contributed by atoms with Crippen molar-refractivity contribution in [1.29, 1.82) is 0 Å². The zero-order valence-electron chi connectivity index (χ0n) is 10.4. The molecule has 1 atom stereocenters. The fraction of sp³-hybridized carbons (Fsp3) is 0.917. The molecule has 1 unspecified atom stereocenters. The van der Waals surface area contributed by atoms with E-state index in [0.717, 1.165) is 18.9 Å². The topological polar surface area (TPSA) is 55.6 Å². The molecule has 1 aliphatic rings. The summed E-state index contributed by atoms with van der Waals surface area (Å²) in [5.41, 5.74) is 5.55. The number of rotatable bonds is 8. The Hall–Kier alpha value is -0.610. The Kier molecular flexibility index (Phi) is 5.77. The number of nitrogens with two attached hydrogens (primary N) is 1. The molecule has 4 nitrogen and oxygen atoms in total. The molecule has 1 rings (SSSR count). The molecule has 1 aliphatic carbocycles. The van der Waals surface area contributed by atoms with Gasteiger partial charge in [-0.2, -0.15) is 0 Å². The molecule has 16 heavy (non-hydrogen) atoms. The number of nitrogens with zero attached hydrogens (tertiary/aromatic N) is 1. The summed E-state index contributed by atoms with van der Waals surface area (Å²) < 4.78 is 5.50. The monoisotopic (exact) mass is 228 g/mol. The summed E-state index contributed by atoms with van der Waals surface area (Å²) in [4.78, 5) is 13.6. The third-order valence-corrected chi connectivity index (χ3v) is 3.12. The van der Waals surface area contributed by atoms with Crippen LogP contribution in [0.5, 0.6) is 0 Å². The largest absolute Gasteiger partial charge is 0.379 e. The van der Waals surface area contributed by atoms with Crippen LogP contribution in [0.25, 0.3) is 0 Å². The summed E-state index contributed by atoms with van der Waals surface area (Å²) in [5, 5.41) is 0. The van der Waals surface area contributed by atoms with Gasteiger partial charge in [-0.25, -0.2) is 0 Å². The first-order valence-electron chi connectivity index (χ1n) is 6.21. The molecule has 2 N–H and O–H groups in total. The van der Waals surface area contributed by atoms with E-state index in [9.17, 15) is 4.79 Å². The van der Waals surface area contributed by atoms with Crippen LogP contribution in [0.3, 0.4) is 0 Å². The molecule has 1 amide bonds. The lowest BCUT2D eigenvalue weighted by Gasteiger charge is -2.22. The smallest absolute Gasteiger partial charge is 0.226 e. The Morgan fingerprint density at radius 1 is 1.56 bits per heavy atom. The van der Waals surface area contributed by atoms with Gasteiger partial charge in [0.2, 0.25) is 5.91 Å². The first kappa shape index (κ1) is 13.5. The lowest BCUT2D eigenvalue weighted by Crippen LogP contribution is -2.38. The zero-order valence-corrected chi connectivity index (χ0v) is 10.4. The molecule has 0 bridgehead atoms. The minimum atomic E-state index is -0.0339. The predicted octanol–water partition coefficient (Wildman–Crippen LogP) is 0.856. The summed E-state index contributed by atoms with van der Waals surface area (Å²) in [5.74, 6) is 0.891. The van der Waals surface area contributed by atoms with Crippen molar-refractivity contribution in [2.45, 2.75) is 26.2 Å². The van der Waals surface area contributed by atoms with Crippen LogP contribution in [0, 0.1) is 11.8 Å². The van der Waals surface area contributed by atoms with E-state index >= 15 is 0 Å². The van der Waals surface area contributed by atoms with E-state index in [0.29, 0.717) is 19.7 Å². The van der Waals surface area contributed by atoms with E-state index in [2.05, 4.69) is 0 Å². The SMILES string of the molecule is CCC(CN)C(=O)N(C)CCOCC1CC1. The van der Waals surface area contributed by atoms with E-state index in [4.69, 9.17) is 10.5 Å². The van der Waals surface area contributed by atoms with Crippen molar-refractivity contribution in [3.63, 3.8) is 0 Å². The predicted molar refractivity (Wildman–Crippen MR) is 64.0 cm³/mol. The number of ether oxygens (including phenoxy) is 1. The van der Waals surface area contributed by atoms with Gasteiger partial charge in [0.25, 0.3) is 0 Å². The van der Waals surface area contributed by atoms with Crippen LogP contribution in [0.4, 0.5) is 0 Å². The summed E-state index contributed by atoms with van der Waals surface area (Å²) in [6.45, 7) is 4.59. The Bertz CT molecular complexity index is 213. The molecule has 0 spiro atoms. The first-order chi connectivity index (χ1) is 7.69. The Balaban J connectivity index is 2.11. The third-order valence-electron chi connectivity index (χ3n) is 3.12. The maximum atomic E-state index is 11.8. The number of carbonyl (C=O) groups excluding carboxylic acids is 1. The molecule has 0 aliphatic heterocycles. The number of carbonyl (C=O) groups is 1. The number of hydrogen-bond donors (Lipinski definition) is 1. The van der Waals surface area contributed by atoms with E-state index in [1.807, 2.05) is 14.0 Å². The highest BCUT2D eigenvalue weighted by Gasteiger charge is 2.22. The molecule has 0 radical (unpaired) electrons. The maximum Gasteiger partial charge on any atom is 0.226 e. The van der Waals surface area contributed by atoms with Gasteiger partial charge >= 0.3 is 0 Å². The standard InChI is InChI=1S/C12H24N2O2/c1-3-11(8-13)12(15)14(2)6-7-16-9-10-4-5-10/h10-11H,3-9,13H2,1-2H3. The van der Waals surface area contributed by atoms with E-state index in [1.54, 1.807) is 4.90 Å². The van der Waals surface area contributed by atoms with Crippen LogP contribution in [-0.4, -0.2) is 44.2 Å². The molecular formula is C12H24N2O2. The molecule has 94 valence electrons.